The summed E-state index contributed by atoms with van der Waals surface area (Å²) in [6, 6.07) is 0.170. The topological polar surface area (TPSA) is 103 Å². The van der Waals surface area contributed by atoms with Gasteiger partial charge < -0.3 is 16.0 Å². The summed E-state index contributed by atoms with van der Waals surface area (Å²) in [6.07, 6.45) is 2.12. The van der Waals surface area contributed by atoms with E-state index in [-0.39, 0.29) is 41.7 Å². The van der Waals surface area contributed by atoms with Gasteiger partial charge in [0.05, 0.1) is 17.7 Å². The van der Waals surface area contributed by atoms with Crippen molar-refractivity contribution in [1.29, 1.82) is 0 Å². The molecule has 1 rings (SSSR count). The van der Waals surface area contributed by atoms with Gasteiger partial charge in [-0.15, -0.1) is 24.0 Å². The largest absolute Gasteiger partial charge is 0.357 e. The van der Waals surface area contributed by atoms with E-state index in [4.69, 9.17) is 0 Å². The van der Waals surface area contributed by atoms with Crippen molar-refractivity contribution >= 4 is 45.9 Å². The predicted molar refractivity (Wildman–Crippen MR) is 126 cm³/mol. The third-order valence-electron chi connectivity index (χ3n) is 4.58. The minimum atomic E-state index is -3.12. The predicted octanol–water partition coefficient (Wildman–Crippen LogP) is 1.53. The van der Waals surface area contributed by atoms with Crippen LogP contribution in [0.25, 0.3) is 0 Å². The van der Waals surface area contributed by atoms with E-state index in [0.717, 1.165) is 19.4 Å². The lowest BCUT2D eigenvalue weighted by molar-refractivity contribution is -0.128. The molecule has 8 nitrogen and oxygen atoms in total. The van der Waals surface area contributed by atoms with Crippen LogP contribution in [0.1, 0.15) is 53.9 Å². The van der Waals surface area contributed by atoms with Crippen molar-refractivity contribution in [1.82, 2.24) is 20.3 Å². The van der Waals surface area contributed by atoms with E-state index in [0.29, 0.717) is 38.6 Å². The van der Waals surface area contributed by atoms with E-state index < -0.39 is 15.4 Å². The van der Waals surface area contributed by atoms with Crippen LogP contribution in [0.4, 0.5) is 0 Å². The lowest BCUT2D eigenvalue weighted by Gasteiger charge is -2.32. The van der Waals surface area contributed by atoms with Crippen LogP contribution in [0.5, 0.6) is 0 Å². The van der Waals surface area contributed by atoms with Crippen molar-refractivity contribution in [3.8, 4) is 0 Å². The maximum Gasteiger partial charge on any atom is 0.227 e. The maximum absolute atomic E-state index is 12.2. The molecule has 28 heavy (non-hydrogen) atoms. The summed E-state index contributed by atoms with van der Waals surface area (Å²) in [5, 5.41) is 9.44. The molecule has 3 N–H and O–H groups in total. The lowest BCUT2D eigenvalue weighted by Crippen LogP contribution is -2.50. The monoisotopic (exact) mass is 531 g/mol. The van der Waals surface area contributed by atoms with Crippen molar-refractivity contribution in [3.63, 3.8) is 0 Å². The summed E-state index contributed by atoms with van der Waals surface area (Å²) >= 11 is 0. The Morgan fingerprint density at radius 1 is 1.11 bits per heavy atom. The zero-order chi connectivity index (χ0) is 20.5. The van der Waals surface area contributed by atoms with E-state index in [1.165, 1.54) is 0 Å². The zero-order valence-electron chi connectivity index (χ0n) is 17.9. The molecule has 0 aliphatic carbocycles. The van der Waals surface area contributed by atoms with Crippen LogP contribution < -0.4 is 16.0 Å². The molecule has 0 aromatic rings. The van der Waals surface area contributed by atoms with Gasteiger partial charge in [-0.25, -0.2) is 12.7 Å². The van der Waals surface area contributed by atoms with Gasteiger partial charge in [0.1, 0.15) is 0 Å². The third-order valence-corrected chi connectivity index (χ3v) is 6.66. The highest BCUT2D eigenvalue weighted by Gasteiger charge is 2.29. The van der Waals surface area contributed by atoms with Crippen LogP contribution in [-0.2, 0) is 14.8 Å². The lowest BCUT2D eigenvalue weighted by atomic mass is 9.92. The first-order valence-electron chi connectivity index (χ1n) is 9.97. The van der Waals surface area contributed by atoms with E-state index >= 15 is 0 Å². The average Bonchev–Trinajstić information content (AvgIpc) is 2.60. The first kappa shape index (κ1) is 27.4. The van der Waals surface area contributed by atoms with Crippen molar-refractivity contribution in [2.24, 2.45) is 10.4 Å². The molecule has 1 aliphatic heterocycles. The van der Waals surface area contributed by atoms with Gasteiger partial charge in [0.15, 0.2) is 5.96 Å². The number of carbonyl (C=O) groups excluding carboxylic acids is 1. The Hall–Kier alpha value is -0.620. The first-order chi connectivity index (χ1) is 12.7. The van der Waals surface area contributed by atoms with Gasteiger partial charge in [-0.05, 0) is 47.0 Å². The number of carbonyl (C=O) groups is 1. The molecular formula is C18H38IN5O3S. The molecule has 1 saturated heterocycles. The van der Waals surface area contributed by atoms with Gasteiger partial charge in [-0.2, -0.15) is 0 Å². The summed E-state index contributed by atoms with van der Waals surface area (Å²) in [5.41, 5.74) is -0.587. The minimum Gasteiger partial charge on any atom is -0.357 e. The van der Waals surface area contributed by atoms with Crippen LogP contribution >= 0.6 is 24.0 Å². The Morgan fingerprint density at radius 3 is 2.18 bits per heavy atom. The van der Waals surface area contributed by atoms with E-state index in [1.807, 2.05) is 34.6 Å². The number of hydrogen-bond donors (Lipinski definition) is 3. The summed E-state index contributed by atoms with van der Waals surface area (Å²) in [7, 11) is -3.12. The standard InChI is InChI=1S/C18H37N5O3S.HI/c1-6-13-27(25,26)23-11-9-15(10-12-23)22-17(20-8-3)21-14-18(4,5)16(24)19-7-2;/h15H,6-14H2,1-5H3,(H,19,24)(H2,20,21,22);1H. The van der Waals surface area contributed by atoms with E-state index in [1.54, 1.807) is 4.31 Å². The Bertz CT molecular complexity index is 602. The molecule has 0 bridgehead atoms. The smallest absolute Gasteiger partial charge is 0.227 e. The molecule has 0 aromatic heterocycles. The molecule has 1 heterocycles. The number of sulfonamides is 1. The summed E-state index contributed by atoms with van der Waals surface area (Å²) in [5.74, 6) is 0.869. The van der Waals surface area contributed by atoms with Crippen molar-refractivity contribution in [2.45, 2.75) is 59.9 Å². The second-order valence-electron chi connectivity index (χ2n) is 7.57. The SMILES string of the molecule is CCCS(=O)(=O)N1CCC(NC(=NCC(C)(C)C(=O)NCC)NCC)CC1.I. The number of rotatable bonds is 9. The van der Waals surface area contributed by atoms with Gasteiger partial charge in [-0.3, -0.25) is 9.79 Å². The summed E-state index contributed by atoms with van der Waals surface area (Å²) in [6.45, 7) is 12.3. The molecule has 1 amide bonds. The highest BCUT2D eigenvalue weighted by Crippen LogP contribution is 2.17. The number of hydrogen-bond acceptors (Lipinski definition) is 4. The second kappa shape index (κ2) is 12.8. The van der Waals surface area contributed by atoms with Gasteiger partial charge >= 0.3 is 0 Å². The van der Waals surface area contributed by atoms with E-state index in [9.17, 15) is 13.2 Å². The van der Waals surface area contributed by atoms with E-state index in [2.05, 4.69) is 20.9 Å². The van der Waals surface area contributed by atoms with Gasteiger partial charge in [0, 0.05) is 32.2 Å². The molecule has 166 valence electrons. The molecule has 10 heteroatoms. The third kappa shape index (κ3) is 8.81. The number of nitrogens with zero attached hydrogens (tertiary/aromatic N) is 2. The van der Waals surface area contributed by atoms with Gasteiger partial charge in [0.25, 0.3) is 0 Å². The van der Waals surface area contributed by atoms with Crippen molar-refractivity contribution < 1.29 is 13.2 Å². The fraction of sp³-hybridized carbons (Fsp3) is 0.889. The average molecular weight is 532 g/mol. The quantitative estimate of drug-likeness (QED) is 0.238. The number of nitrogens with one attached hydrogen (secondary N) is 3. The highest BCUT2D eigenvalue weighted by molar-refractivity contribution is 14.0. The first-order valence-corrected chi connectivity index (χ1v) is 11.6. The number of halogens is 1. The van der Waals surface area contributed by atoms with Crippen LogP contribution in [0.15, 0.2) is 4.99 Å². The minimum absolute atomic E-state index is 0. The van der Waals surface area contributed by atoms with Crippen LogP contribution in [0, 0.1) is 5.41 Å². The summed E-state index contributed by atoms with van der Waals surface area (Å²) < 4.78 is 26.0. The van der Waals surface area contributed by atoms with Crippen molar-refractivity contribution in [2.75, 3.05) is 38.5 Å². The van der Waals surface area contributed by atoms with Gasteiger partial charge in [-0.1, -0.05) is 6.92 Å². The van der Waals surface area contributed by atoms with Crippen LogP contribution in [0.2, 0.25) is 0 Å². The molecule has 0 spiro atoms. The Labute approximate surface area is 187 Å². The normalized spacial score (nSPS) is 17.0. The molecule has 1 aliphatic rings. The van der Waals surface area contributed by atoms with Crippen LogP contribution in [-0.4, -0.2) is 69.1 Å². The highest BCUT2D eigenvalue weighted by atomic mass is 127. The number of guanidine groups is 1. The Morgan fingerprint density at radius 2 is 1.68 bits per heavy atom. The molecular weight excluding hydrogens is 493 g/mol. The number of aliphatic imine (C=N–C) groups is 1. The maximum atomic E-state index is 12.2. The molecule has 0 aromatic carbocycles. The molecule has 0 saturated carbocycles. The molecule has 0 atom stereocenters. The fourth-order valence-corrected chi connectivity index (χ4v) is 4.47. The molecule has 0 radical (unpaired) electrons. The fourth-order valence-electron chi connectivity index (χ4n) is 2.93. The van der Waals surface area contributed by atoms with Crippen molar-refractivity contribution in [3.05, 3.63) is 0 Å². The summed E-state index contributed by atoms with van der Waals surface area (Å²) in [4.78, 5) is 16.7. The Kier molecular flexibility index (Phi) is 12.6. The van der Waals surface area contributed by atoms with Gasteiger partial charge in [0.2, 0.25) is 15.9 Å². The number of piperidine rings is 1. The second-order valence-corrected chi connectivity index (χ2v) is 9.66. The number of amides is 1. The zero-order valence-corrected chi connectivity index (χ0v) is 21.0. The molecule has 0 unspecified atom stereocenters. The Balaban J connectivity index is 0.00000729. The molecule has 1 fully saturated rings. The van der Waals surface area contributed by atoms with Crippen LogP contribution in [0.3, 0.4) is 0 Å².